The zero-order chi connectivity index (χ0) is 27.4. The third kappa shape index (κ3) is 3.47. The highest BCUT2D eigenvalue weighted by molar-refractivity contribution is 5.93. The molecule has 1 heterocycles. The minimum absolute atomic E-state index is 0.0371. The molecule has 0 N–H and O–H groups in total. The summed E-state index contributed by atoms with van der Waals surface area (Å²) in [6.07, 6.45) is 0. The Morgan fingerprint density at radius 3 is 1.84 bits per heavy atom. The van der Waals surface area contributed by atoms with Crippen LogP contribution in [0.15, 0.2) is 66.7 Å². The van der Waals surface area contributed by atoms with Crippen molar-refractivity contribution in [1.82, 2.24) is 4.98 Å². The highest BCUT2D eigenvalue weighted by Crippen LogP contribution is 2.55. The van der Waals surface area contributed by atoms with Crippen LogP contribution in [0, 0.1) is 0 Å². The molecule has 4 aromatic rings. The molecule has 0 atom stereocenters. The summed E-state index contributed by atoms with van der Waals surface area (Å²) in [7, 11) is 0. The third-order valence-electron chi connectivity index (χ3n) is 9.21. The fraction of sp³-hybridized carbons (Fsp3) is 0.378. The van der Waals surface area contributed by atoms with Crippen molar-refractivity contribution in [2.75, 3.05) is 0 Å². The highest BCUT2D eigenvalue weighted by Gasteiger charge is 2.40. The number of hydrogen-bond acceptors (Lipinski definition) is 1. The summed E-state index contributed by atoms with van der Waals surface area (Å²) in [5, 5.41) is 0. The molecule has 0 unspecified atom stereocenters. The Bertz CT molecular complexity index is 1620. The van der Waals surface area contributed by atoms with Crippen molar-refractivity contribution < 1.29 is 0 Å². The van der Waals surface area contributed by atoms with E-state index in [1.165, 1.54) is 55.6 Å². The molecule has 1 aromatic heterocycles. The second-order valence-corrected chi connectivity index (χ2v) is 14.6. The molecule has 0 aliphatic heterocycles. The molecule has 38 heavy (non-hydrogen) atoms. The van der Waals surface area contributed by atoms with Gasteiger partial charge in [0.2, 0.25) is 0 Å². The van der Waals surface area contributed by atoms with Crippen molar-refractivity contribution in [1.29, 1.82) is 0 Å². The van der Waals surface area contributed by atoms with E-state index in [0.29, 0.717) is 0 Å². The van der Waals surface area contributed by atoms with Crippen molar-refractivity contribution in [3.63, 3.8) is 0 Å². The van der Waals surface area contributed by atoms with E-state index < -0.39 is 0 Å². The van der Waals surface area contributed by atoms with Crippen LogP contribution in [0.2, 0.25) is 0 Å². The average Bonchev–Trinajstić information content (AvgIpc) is 3.22. The van der Waals surface area contributed by atoms with Crippen LogP contribution < -0.4 is 0 Å². The molecule has 1 nitrogen and oxygen atoms in total. The van der Waals surface area contributed by atoms with Gasteiger partial charge < -0.3 is 0 Å². The lowest BCUT2D eigenvalue weighted by Gasteiger charge is -2.27. The summed E-state index contributed by atoms with van der Waals surface area (Å²) in [4.78, 5) is 5.44. The van der Waals surface area contributed by atoms with Crippen molar-refractivity contribution in [3.8, 4) is 33.6 Å². The Balaban J connectivity index is 1.65. The second-order valence-electron chi connectivity index (χ2n) is 14.6. The number of aromatic nitrogens is 1. The lowest BCUT2D eigenvalue weighted by Crippen LogP contribution is -2.19. The van der Waals surface area contributed by atoms with E-state index in [0.717, 1.165) is 11.4 Å². The number of benzene rings is 3. The Labute approximate surface area is 229 Å². The van der Waals surface area contributed by atoms with Gasteiger partial charge in [-0.1, -0.05) is 124 Å². The molecule has 1 heteroatoms. The van der Waals surface area contributed by atoms with Gasteiger partial charge in [-0.05, 0) is 67.5 Å². The number of hydrogen-bond donors (Lipinski definition) is 0. The van der Waals surface area contributed by atoms with Gasteiger partial charge in [-0.2, -0.15) is 0 Å². The van der Waals surface area contributed by atoms with Crippen LogP contribution in [-0.4, -0.2) is 4.98 Å². The number of pyridine rings is 1. The summed E-state index contributed by atoms with van der Waals surface area (Å²) >= 11 is 0. The number of fused-ring (bicyclic) bond motifs is 6. The smallest absolute Gasteiger partial charge is 0.0753 e. The molecule has 0 radical (unpaired) electrons. The lowest BCUT2D eigenvalue weighted by molar-refractivity contribution is 0.580. The van der Waals surface area contributed by atoms with E-state index >= 15 is 0 Å². The van der Waals surface area contributed by atoms with Gasteiger partial charge >= 0.3 is 0 Å². The fourth-order valence-electron chi connectivity index (χ4n) is 6.65. The van der Waals surface area contributed by atoms with Gasteiger partial charge in [-0.3, -0.25) is 0 Å². The molecular weight excluding hydrogens is 458 g/mol. The third-order valence-corrected chi connectivity index (χ3v) is 9.21. The first-order chi connectivity index (χ1) is 17.6. The van der Waals surface area contributed by atoms with Crippen molar-refractivity contribution in [2.24, 2.45) is 0 Å². The van der Waals surface area contributed by atoms with E-state index in [1.807, 2.05) is 0 Å². The average molecular weight is 500 g/mol. The fourth-order valence-corrected chi connectivity index (χ4v) is 6.65. The lowest BCUT2D eigenvalue weighted by atomic mass is 9.76. The standard InChI is InChI=1S/C37H41N/c1-34(2,3)22-15-16-24-29(20-22)37(9,10)30-21-23(35(4,5)6)19-26(32(24)30)31-18-17-28-33(38-31)25-13-11-12-14-27(25)36(28,7)8/h11-21H,1-10H3. The topological polar surface area (TPSA) is 12.9 Å². The van der Waals surface area contributed by atoms with Crippen molar-refractivity contribution in [3.05, 3.63) is 100 Å². The maximum absolute atomic E-state index is 5.44. The second kappa shape index (κ2) is 7.69. The Hall–Kier alpha value is -3.19. The number of nitrogens with zero attached hydrogens (tertiary/aromatic N) is 1. The molecule has 0 fully saturated rings. The molecule has 3 aromatic carbocycles. The van der Waals surface area contributed by atoms with E-state index in [-0.39, 0.29) is 21.7 Å². The predicted molar refractivity (Wildman–Crippen MR) is 162 cm³/mol. The van der Waals surface area contributed by atoms with Gasteiger partial charge in [0.25, 0.3) is 0 Å². The minimum atomic E-state index is -0.0761. The molecular formula is C37H41N. The molecule has 0 bridgehead atoms. The highest BCUT2D eigenvalue weighted by atomic mass is 14.7. The summed E-state index contributed by atoms with van der Waals surface area (Å²) in [6, 6.07) is 25.5. The Morgan fingerprint density at radius 2 is 1.16 bits per heavy atom. The summed E-state index contributed by atoms with van der Waals surface area (Å²) in [5.41, 5.74) is 15.8. The molecule has 194 valence electrons. The van der Waals surface area contributed by atoms with Crippen LogP contribution in [0.1, 0.15) is 103 Å². The van der Waals surface area contributed by atoms with E-state index in [1.54, 1.807) is 0 Å². The molecule has 2 aliphatic carbocycles. The first kappa shape index (κ1) is 25.1. The van der Waals surface area contributed by atoms with E-state index in [4.69, 9.17) is 4.98 Å². The SMILES string of the molecule is CC(C)(C)c1ccc2c(c1)C(C)(C)c1cc(C(C)(C)C)cc(-c3ccc4c(n3)-c3ccccc3C4(C)C)c1-2. The summed E-state index contributed by atoms with van der Waals surface area (Å²) < 4.78 is 0. The van der Waals surface area contributed by atoms with Crippen LogP contribution in [-0.2, 0) is 21.7 Å². The van der Waals surface area contributed by atoms with Gasteiger partial charge in [0, 0.05) is 22.0 Å². The molecule has 6 rings (SSSR count). The van der Waals surface area contributed by atoms with Crippen molar-refractivity contribution in [2.45, 2.75) is 90.9 Å². The molecule has 2 aliphatic rings. The predicted octanol–water partition coefficient (Wildman–Crippen LogP) is 9.96. The quantitative estimate of drug-likeness (QED) is 0.254. The molecule has 0 spiro atoms. The maximum Gasteiger partial charge on any atom is 0.0753 e. The Kier molecular flexibility index (Phi) is 5.08. The van der Waals surface area contributed by atoms with Crippen LogP contribution >= 0.6 is 0 Å². The van der Waals surface area contributed by atoms with Crippen LogP contribution in [0.4, 0.5) is 0 Å². The molecule has 0 saturated heterocycles. The minimum Gasteiger partial charge on any atom is -0.247 e. The monoisotopic (exact) mass is 499 g/mol. The zero-order valence-corrected chi connectivity index (χ0v) is 24.8. The Morgan fingerprint density at radius 1 is 0.526 bits per heavy atom. The van der Waals surface area contributed by atoms with Crippen molar-refractivity contribution >= 4 is 0 Å². The molecule has 0 amide bonds. The summed E-state index contributed by atoms with van der Waals surface area (Å²) in [5.74, 6) is 0. The van der Waals surface area contributed by atoms with Gasteiger partial charge in [0.15, 0.2) is 0 Å². The van der Waals surface area contributed by atoms with E-state index in [2.05, 4.69) is 136 Å². The van der Waals surface area contributed by atoms with Crippen LogP contribution in [0.25, 0.3) is 33.6 Å². The normalized spacial score (nSPS) is 16.6. The number of rotatable bonds is 1. The van der Waals surface area contributed by atoms with Gasteiger partial charge in [0.05, 0.1) is 11.4 Å². The van der Waals surface area contributed by atoms with Crippen LogP contribution in [0.3, 0.4) is 0 Å². The van der Waals surface area contributed by atoms with E-state index in [9.17, 15) is 0 Å². The van der Waals surface area contributed by atoms with Crippen LogP contribution in [0.5, 0.6) is 0 Å². The van der Waals surface area contributed by atoms with Gasteiger partial charge in [0.1, 0.15) is 0 Å². The maximum atomic E-state index is 5.44. The summed E-state index contributed by atoms with van der Waals surface area (Å²) in [6.45, 7) is 23.3. The van der Waals surface area contributed by atoms with Gasteiger partial charge in [-0.15, -0.1) is 0 Å². The molecule has 0 saturated carbocycles. The van der Waals surface area contributed by atoms with Gasteiger partial charge in [-0.25, -0.2) is 4.98 Å². The largest absolute Gasteiger partial charge is 0.247 e. The zero-order valence-electron chi connectivity index (χ0n) is 24.8. The first-order valence-corrected chi connectivity index (χ1v) is 14.1. The first-order valence-electron chi connectivity index (χ1n) is 14.1.